The topological polar surface area (TPSA) is 113 Å². The molecule has 3 aliphatic rings. The molecule has 0 aliphatic carbocycles. The van der Waals surface area contributed by atoms with Crippen LogP contribution in [0, 0.1) is 5.41 Å². The number of para-hydroxylation sites is 2. The summed E-state index contributed by atoms with van der Waals surface area (Å²) in [6, 6.07) is 15.5. The number of hydrogen-bond acceptors (Lipinski definition) is 9. The summed E-state index contributed by atoms with van der Waals surface area (Å²) in [6.07, 6.45) is 5.74. The second-order valence-corrected chi connectivity index (χ2v) is 11.1. The number of aromatic amines is 1. The Hall–Kier alpha value is -4.09. The maximum Gasteiger partial charge on any atom is 0.272 e. The van der Waals surface area contributed by atoms with Crippen LogP contribution in [0.1, 0.15) is 36.2 Å². The smallest absolute Gasteiger partial charge is 0.272 e. The van der Waals surface area contributed by atoms with Crippen LogP contribution < -0.4 is 9.74 Å². The van der Waals surface area contributed by atoms with E-state index in [2.05, 4.69) is 24.8 Å². The predicted molar refractivity (Wildman–Crippen MR) is 153 cm³/mol. The molecule has 11 heteroatoms. The largest absolute Gasteiger partial charge is 0.386 e. The van der Waals surface area contributed by atoms with Crippen LogP contribution in [-0.2, 0) is 4.74 Å². The van der Waals surface area contributed by atoms with Crippen LogP contribution in [0.2, 0.25) is 0 Å². The summed E-state index contributed by atoms with van der Waals surface area (Å²) in [5, 5.41) is 2.02. The Labute approximate surface area is 238 Å². The Bertz CT molecular complexity index is 1480. The average molecular weight is 555 g/mol. The van der Waals surface area contributed by atoms with Gasteiger partial charge in [0.15, 0.2) is 5.82 Å². The van der Waals surface area contributed by atoms with Crippen molar-refractivity contribution in [1.29, 1.82) is 0 Å². The number of amides is 1. The highest BCUT2D eigenvalue weighted by molar-refractivity contribution is 5.92. The van der Waals surface area contributed by atoms with E-state index in [0.717, 1.165) is 87.5 Å². The molecule has 0 unspecified atom stereocenters. The van der Waals surface area contributed by atoms with Crippen molar-refractivity contribution in [2.24, 2.45) is 5.41 Å². The molecule has 41 heavy (non-hydrogen) atoms. The van der Waals surface area contributed by atoms with Crippen LogP contribution in [-0.4, -0.2) is 93.3 Å². The predicted octanol–water partition coefficient (Wildman–Crippen LogP) is 3.56. The summed E-state index contributed by atoms with van der Waals surface area (Å²) in [5.41, 5.74) is 3.37. The number of likely N-dealkylation sites (tertiary alicyclic amines) is 1. The number of fused-ring (bicyclic) bond motifs is 1. The van der Waals surface area contributed by atoms with Gasteiger partial charge in [0.05, 0.1) is 24.2 Å². The molecule has 6 heterocycles. The number of imidazole rings is 1. The number of rotatable bonds is 5. The van der Waals surface area contributed by atoms with E-state index in [4.69, 9.17) is 14.6 Å². The third kappa shape index (κ3) is 5.47. The number of anilines is 1. The first kappa shape index (κ1) is 25.8. The van der Waals surface area contributed by atoms with Crippen LogP contribution in [0.25, 0.3) is 22.6 Å². The second-order valence-electron chi connectivity index (χ2n) is 11.1. The lowest BCUT2D eigenvalue weighted by atomic mass is 9.71. The van der Waals surface area contributed by atoms with Crippen molar-refractivity contribution in [3.05, 3.63) is 60.4 Å². The quantitative estimate of drug-likeness (QED) is 0.396. The van der Waals surface area contributed by atoms with Crippen molar-refractivity contribution >= 4 is 22.9 Å². The second kappa shape index (κ2) is 11.1. The average Bonchev–Trinajstić information content (AvgIpc) is 3.48. The first-order valence-corrected chi connectivity index (χ1v) is 14.4. The summed E-state index contributed by atoms with van der Waals surface area (Å²) in [7, 11) is 0. The van der Waals surface area contributed by atoms with Crippen LogP contribution in [0.15, 0.2) is 54.7 Å². The molecular weight excluding hydrogens is 520 g/mol. The zero-order valence-corrected chi connectivity index (χ0v) is 23.0. The number of carbonyl (C=O) groups excluding carboxylic acids is 1. The molecule has 1 amide bonds. The fourth-order valence-electron chi connectivity index (χ4n) is 6.09. The van der Waals surface area contributed by atoms with Crippen LogP contribution in [0.5, 0.6) is 5.88 Å². The summed E-state index contributed by atoms with van der Waals surface area (Å²) in [5.74, 6) is 1.90. The standard InChI is InChI=1S/C30H34N8O3/c39-28(25-8-13-31-29(35-25)37-18-20-40-21-19-37)36-14-9-30(10-15-36)11-16-38(17-12-30)41-26-7-3-6-24(32-26)27-33-22-4-1-2-5-23(22)34-27/h1-8,13H,9-12,14-21H2,(H,33,34). The lowest BCUT2D eigenvalue weighted by molar-refractivity contribution is -0.109. The van der Waals surface area contributed by atoms with Crippen molar-refractivity contribution in [2.45, 2.75) is 25.7 Å². The Morgan fingerprint density at radius 1 is 0.854 bits per heavy atom. The molecule has 0 saturated carbocycles. The molecule has 0 atom stereocenters. The molecule has 3 aromatic heterocycles. The Morgan fingerprint density at radius 2 is 1.63 bits per heavy atom. The molecule has 3 fully saturated rings. The van der Waals surface area contributed by atoms with Crippen LogP contribution in [0.3, 0.4) is 0 Å². The van der Waals surface area contributed by atoms with E-state index in [1.807, 2.05) is 52.4 Å². The summed E-state index contributed by atoms with van der Waals surface area (Å²) in [4.78, 5) is 45.2. The van der Waals surface area contributed by atoms with E-state index < -0.39 is 0 Å². The van der Waals surface area contributed by atoms with Crippen LogP contribution in [0.4, 0.5) is 5.95 Å². The van der Waals surface area contributed by atoms with E-state index in [1.54, 1.807) is 12.3 Å². The fraction of sp³-hybridized carbons (Fsp3) is 0.433. The molecule has 11 nitrogen and oxygen atoms in total. The van der Waals surface area contributed by atoms with Crippen LogP contribution >= 0.6 is 0 Å². The van der Waals surface area contributed by atoms with Gasteiger partial charge in [0, 0.05) is 51.5 Å². The summed E-state index contributed by atoms with van der Waals surface area (Å²) in [6.45, 7) is 5.96. The van der Waals surface area contributed by atoms with Gasteiger partial charge < -0.3 is 24.4 Å². The number of hydrogen-bond donors (Lipinski definition) is 1. The van der Waals surface area contributed by atoms with Crippen molar-refractivity contribution in [2.75, 3.05) is 57.4 Å². The monoisotopic (exact) mass is 554 g/mol. The number of pyridine rings is 1. The van der Waals surface area contributed by atoms with Gasteiger partial charge in [-0.1, -0.05) is 18.2 Å². The number of hydroxylamine groups is 2. The Balaban J connectivity index is 0.932. The van der Waals surface area contributed by atoms with Gasteiger partial charge in [-0.25, -0.2) is 19.9 Å². The number of carbonyl (C=O) groups is 1. The molecule has 1 N–H and O–H groups in total. The molecule has 4 aromatic rings. The Kier molecular flexibility index (Phi) is 6.97. The molecule has 7 rings (SSSR count). The molecular formula is C30H34N8O3. The number of morpholine rings is 1. The third-order valence-electron chi connectivity index (χ3n) is 8.63. The van der Waals surface area contributed by atoms with Crippen molar-refractivity contribution < 1.29 is 14.4 Å². The molecule has 212 valence electrons. The lowest BCUT2D eigenvalue weighted by Crippen LogP contribution is -2.49. The van der Waals surface area contributed by atoms with E-state index in [1.165, 1.54) is 0 Å². The first-order valence-electron chi connectivity index (χ1n) is 14.4. The highest BCUT2D eigenvalue weighted by Gasteiger charge is 2.39. The number of nitrogens with one attached hydrogen (secondary N) is 1. The van der Waals surface area contributed by atoms with E-state index in [0.29, 0.717) is 30.7 Å². The zero-order chi connectivity index (χ0) is 27.6. The molecule has 0 bridgehead atoms. The molecule has 3 aliphatic heterocycles. The minimum atomic E-state index is -0.00654. The minimum absolute atomic E-state index is 0.00654. The molecule has 1 aromatic carbocycles. The number of benzene rings is 1. The molecule has 1 spiro atoms. The summed E-state index contributed by atoms with van der Waals surface area (Å²) >= 11 is 0. The van der Waals surface area contributed by atoms with Gasteiger partial charge in [0.25, 0.3) is 5.91 Å². The van der Waals surface area contributed by atoms with E-state index in [-0.39, 0.29) is 11.3 Å². The van der Waals surface area contributed by atoms with Crippen molar-refractivity contribution in [1.82, 2.24) is 34.9 Å². The van der Waals surface area contributed by atoms with Gasteiger partial charge in [-0.2, -0.15) is 0 Å². The normalized spacial score (nSPS) is 19.5. The van der Waals surface area contributed by atoms with Gasteiger partial charge >= 0.3 is 0 Å². The lowest BCUT2D eigenvalue weighted by Gasteiger charge is -2.46. The maximum absolute atomic E-state index is 13.3. The highest BCUT2D eigenvalue weighted by atomic mass is 16.7. The molecule has 0 radical (unpaired) electrons. The number of H-pyrrole nitrogens is 1. The SMILES string of the molecule is O=C(c1ccnc(N2CCOCC2)n1)N1CCC2(CCN(Oc3cccc(-c4nc5ccccc5[nH]4)n3)CC2)CC1. The number of piperidine rings is 2. The zero-order valence-electron chi connectivity index (χ0n) is 23.0. The number of nitrogens with zero attached hydrogens (tertiary/aromatic N) is 7. The van der Waals surface area contributed by atoms with Gasteiger partial charge in [-0.15, -0.1) is 5.06 Å². The minimum Gasteiger partial charge on any atom is -0.386 e. The molecule has 3 saturated heterocycles. The van der Waals surface area contributed by atoms with Gasteiger partial charge in [-0.3, -0.25) is 4.79 Å². The number of ether oxygens (including phenoxy) is 1. The number of aromatic nitrogens is 5. The van der Waals surface area contributed by atoms with Gasteiger partial charge in [-0.05, 0) is 55.4 Å². The van der Waals surface area contributed by atoms with Crippen molar-refractivity contribution in [3.8, 4) is 17.4 Å². The summed E-state index contributed by atoms with van der Waals surface area (Å²) < 4.78 is 5.43. The van der Waals surface area contributed by atoms with Crippen molar-refractivity contribution in [3.63, 3.8) is 0 Å². The Morgan fingerprint density at radius 3 is 2.44 bits per heavy atom. The van der Waals surface area contributed by atoms with E-state index in [9.17, 15) is 4.79 Å². The van der Waals surface area contributed by atoms with E-state index >= 15 is 0 Å². The van der Waals surface area contributed by atoms with Gasteiger partial charge in [0.1, 0.15) is 11.4 Å². The maximum atomic E-state index is 13.3. The fourth-order valence-corrected chi connectivity index (χ4v) is 6.09. The van der Waals surface area contributed by atoms with Gasteiger partial charge in [0.2, 0.25) is 11.8 Å². The first-order chi connectivity index (χ1) is 20.1. The third-order valence-corrected chi connectivity index (χ3v) is 8.63. The highest BCUT2D eigenvalue weighted by Crippen LogP contribution is 2.41.